The van der Waals surface area contributed by atoms with Gasteiger partial charge in [0.15, 0.2) is 6.10 Å². The Hall–Kier alpha value is -2.37. The molecule has 1 atom stereocenters. The van der Waals surface area contributed by atoms with E-state index in [1.165, 1.54) is 212 Å². The lowest BCUT2D eigenvalue weighted by atomic mass is 10.0. The minimum atomic E-state index is -0.796. The summed E-state index contributed by atoms with van der Waals surface area (Å²) in [5, 5.41) is 0. The van der Waals surface area contributed by atoms with Gasteiger partial charge in [-0.05, 0) is 64.2 Å². The summed E-state index contributed by atoms with van der Waals surface area (Å²) in [5.41, 5.74) is 0. The van der Waals surface area contributed by atoms with Gasteiger partial charge < -0.3 is 14.2 Å². The molecule has 0 saturated carbocycles. The third kappa shape index (κ3) is 54.6. The van der Waals surface area contributed by atoms with Gasteiger partial charge in [-0.25, -0.2) is 0 Å². The average Bonchev–Trinajstić information content (AvgIpc) is 3.34. The van der Waals surface area contributed by atoms with Crippen molar-refractivity contribution < 1.29 is 28.6 Å². The largest absolute Gasteiger partial charge is 0.462 e. The summed E-state index contributed by atoms with van der Waals surface area (Å²) in [6.45, 7) is 6.62. The van der Waals surface area contributed by atoms with Crippen LogP contribution in [0, 0.1) is 0 Å². The molecule has 1 unspecified atom stereocenters. The number of unbranched alkanes of at least 4 members (excludes halogenated alkanes) is 38. The third-order valence-electron chi connectivity index (χ3n) is 13.4. The predicted molar refractivity (Wildman–Crippen MR) is 293 cm³/mol. The molecule has 398 valence electrons. The first-order valence-electron chi connectivity index (χ1n) is 30.0. The molecule has 0 rings (SSSR count). The number of hydrogen-bond acceptors (Lipinski definition) is 6. The quantitative estimate of drug-likeness (QED) is 0.0262. The molecular weight excluding hydrogens is 841 g/mol. The molecule has 68 heavy (non-hydrogen) atoms. The van der Waals surface area contributed by atoms with Gasteiger partial charge in [-0.1, -0.05) is 276 Å². The number of ether oxygens (including phenoxy) is 3. The first kappa shape index (κ1) is 65.6. The molecule has 0 saturated heterocycles. The van der Waals surface area contributed by atoms with Crippen molar-refractivity contribution in [2.24, 2.45) is 0 Å². The van der Waals surface area contributed by atoms with E-state index in [1.54, 1.807) is 0 Å². The molecular formula is C62H114O6. The summed E-state index contributed by atoms with van der Waals surface area (Å²) >= 11 is 0. The number of carbonyl (C=O) groups excluding carboxylic acids is 3. The van der Waals surface area contributed by atoms with Crippen LogP contribution in [0.1, 0.15) is 323 Å². The Bertz CT molecular complexity index is 1140. The SMILES string of the molecule is CCCCCCCC/C=C/C/C=C/CCC(=O)OCC(COC(=O)CCCCCCCCCCCCCCCCCCCCC)OC(=O)CCCCCCC/C=C/CCCCCCCCCCC. The number of hydrogen-bond donors (Lipinski definition) is 0. The standard InChI is InChI=1S/C62H114O6/c1-4-7-10-13-16-19-22-25-27-29-31-33-34-37-40-43-46-49-52-55-61(64)67-58-59(57-66-60(63)54-51-48-45-42-39-36-24-21-18-15-12-9-6-3)68-62(65)56-53-50-47-44-41-38-35-32-30-28-26-23-20-17-14-11-8-5-2/h32,35-36,39,45,48,59H,4-31,33-34,37-38,40-44,46-47,49-58H2,1-3H3/b35-32+,39-36+,48-45+. The minimum absolute atomic E-state index is 0.0887. The second-order valence-electron chi connectivity index (χ2n) is 20.3. The Labute approximate surface area is 423 Å². The molecule has 0 aliphatic carbocycles. The van der Waals surface area contributed by atoms with Crippen LogP contribution in [-0.4, -0.2) is 37.2 Å². The molecule has 0 aliphatic heterocycles. The Morgan fingerprint density at radius 3 is 0.912 bits per heavy atom. The molecule has 0 amide bonds. The highest BCUT2D eigenvalue weighted by molar-refractivity contribution is 5.71. The number of carbonyl (C=O) groups is 3. The van der Waals surface area contributed by atoms with Gasteiger partial charge in [0.05, 0.1) is 0 Å². The van der Waals surface area contributed by atoms with E-state index in [0.29, 0.717) is 19.3 Å². The van der Waals surface area contributed by atoms with Crippen molar-refractivity contribution >= 4 is 17.9 Å². The van der Waals surface area contributed by atoms with Crippen LogP contribution >= 0.6 is 0 Å². The van der Waals surface area contributed by atoms with E-state index in [-0.39, 0.29) is 37.5 Å². The van der Waals surface area contributed by atoms with Gasteiger partial charge in [-0.2, -0.15) is 0 Å². The molecule has 0 bridgehead atoms. The summed E-state index contributed by atoms with van der Waals surface area (Å²) in [4.78, 5) is 38.1. The van der Waals surface area contributed by atoms with Crippen molar-refractivity contribution in [1.29, 1.82) is 0 Å². The zero-order chi connectivity index (χ0) is 49.3. The van der Waals surface area contributed by atoms with Crippen molar-refractivity contribution in [2.45, 2.75) is 329 Å². The molecule has 0 fully saturated rings. The Morgan fingerprint density at radius 1 is 0.294 bits per heavy atom. The maximum Gasteiger partial charge on any atom is 0.306 e. The molecule has 0 radical (unpaired) electrons. The van der Waals surface area contributed by atoms with Crippen LogP contribution in [0.5, 0.6) is 0 Å². The Kier molecular flexibility index (Phi) is 55.2. The molecule has 6 heteroatoms. The van der Waals surface area contributed by atoms with E-state index in [2.05, 4.69) is 51.2 Å². The summed E-state index contributed by atoms with van der Waals surface area (Å²) in [6.07, 6.45) is 68.7. The van der Waals surface area contributed by atoms with Crippen molar-refractivity contribution in [3.63, 3.8) is 0 Å². The highest BCUT2D eigenvalue weighted by Crippen LogP contribution is 2.17. The predicted octanol–water partition coefficient (Wildman–Crippen LogP) is 20.0. The van der Waals surface area contributed by atoms with E-state index in [0.717, 1.165) is 64.2 Å². The maximum atomic E-state index is 12.9. The van der Waals surface area contributed by atoms with Gasteiger partial charge in [0.2, 0.25) is 0 Å². The van der Waals surface area contributed by atoms with E-state index in [4.69, 9.17) is 14.2 Å². The summed E-state index contributed by atoms with van der Waals surface area (Å²) < 4.78 is 16.8. The molecule has 0 heterocycles. The van der Waals surface area contributed by atoms with E-state index in [9.17, 15) is 14.4 Å². The molecule has 0 aromatic heterocycles. The van der Waals surface area contributed by atoms with Crippen molar-refractivity contribution in [1.82, 2.24) is 0 Å². The second kappa shape index (κ2) is 57.2. The van der Waals surface area contributed by atoms with Crippen LogP contribution in [0.3, 0.4) is 0 Å². The normalized spacial score (nSPS) is 12.2. The van der Waals surface area contributed by atoms with Crippen molar-refractivity contribution in [3.8, 4) is 0 Å². The van der Waals surface area contributed by atoms with Crippen LogP contribution in [-0.2, 0) is 28.6 Å². The van der Waals surface area contributed by atoms with Crippen LogP contribution in [0.2, 0.25) is 0 Å². The van der Waals surface area contributed by atoms with Crippen LogP contribution in [0.4, 0.5) is 0 Å². The number of allylic oxidation sites excluding steroid dienone is 6. The summed E-state index contributed by atoms with van der Waals surface area (Å²) in [6, 6.07) is 0. The van der Waals surface area contributed by atoms with Crippen molar-refractivity contribution in [3.05, 3.63) is 36.5 Å². The second-order valence-corrected chi connectivity index (χ2v) is 20.3. The van der Waals surface area contributed by atoms with Crippen LogP contribution in [0.15, 0.2) is 36.5 Å². The highest BCUT2D eigenvalue weighted by Gasteiger charge is 2.19. The number of rotatable bonds is 55. The van der Waals surface area contributed by atoms with E-state index >= 15 is 0 Å². The average molecular weight is 956 g/mol. The molecule has 0 aliphatic rings. The van der Waals surface area contributed by atoms with Gasteiger partial charge in [-0.3, -0.25) is 14.4 Å². The zero-order valence-corrected chi connectivity index (χ0v) is 45.6. The first-order valence-corrected chi connectivity index (χ1v) is 30.0. The van der Waals surface area contributed by atoms with E-state index in [1.807, 2.05) is 6.08 Å². The lowest BCUT2D eigenvalue weighted by Gasteiger charge is -2.18. The fourth-order valence-corrected chi connectivity index (χ4v) is 8.85. The lowest BCUT2D eigenvalue weighted by Crippen LogP contribution is -2.30. The Morgan fingerprint density at radius 2 is 0.559 bits per heavy atom. The van der Waals surface area contributed by atoms with Gasteiger partial charge in [0, 0.05) is 19.3 Å². The van der Waals surface area contributed by atoms with E-state index < -0.39 is 6.10 Å². The smallest absolute Gasteiger partial charge is 0.306 e. The molecule has 0 aromatic carbocycles. The first-order chi connectivity index (χ1) is 33.5. The van der Waals surface area contributed by atoms with Gasteiger partial charge >= 0.3 is 17.9 Å². The van der Waals surface area contributed by atoms with Crippen molar-refractivity contribution in [2.75, 3.05) is 13.2 Å². The zero-order valence-electron chi connectivity index (χ0n) is 45.6. The molecule has 0 N–H and O–H groups in total. The van der Waals surface area contributed by atoms with Crippen LogP contribution < -0.4 is 0 Å². The molecule has 0 aromatic rings. The van der Waals surface area contributed by atoms with Gasteiger partial charge in [-0.15, -0.1) is 0 Å². The maximum absolute atomic E-state index is 12.9. The minimum Gasteiger partial charge on any atom is -0.462 e. The third-order valence-corrected chi connectivity index (χ3v) is 13.4. The number of esters is 3. The van der Waals surface area contributed by atoms with Crippen LogP contribution in [0.25, 0.3) is 0 Å². The lowest BCUT2D eigenvalue weighted by molar-refractivity contribution is -0.166. The molecule has 0 spiro atoms. The topological polar surface area (TPSA) is 78.9 Å². The molecule has 6 nitrogen and oxygen atoms in total. The fourth-order valence-electron chi connectivity index (χ4n) is 8.85. The van der Waals surface area contributed by atoms with Gasteiger partial charge in [0.1, 0.15) is 13.2 Å². The van der Waals surface area contributed by atoms with Gasteiger partial charge in [0.25, 0.3) is 0 Å². The highest BCUT2D eigenvalue weighted by atomic mass is 16.6. The summed E-state index contributed by atoms with van der Waals surface area (Å²) in [7, 11) is 0. The summed E-state index contributed by atoms with van der Waals surface area (Å²) in [5.74, 6) is -0.949. The Balaban J connectivity index is 4.36. The monoisotopic (exact) mass is 955 g/mol. The fraction of sp³-hybridized carbons (Fsp3) is 0.855.